The molecule has 0 bridgehead atoms. The number of hydrogen-bond donors (Lipinski definition) is 3. The summed E-state index contributed by atoms with van der Waals surface area (Å²) in [6.07, 6.45) is 1.36. The molecule has 0 aliphatic heterocycles. The van der Waals surface area contributed by atoms with E-state index in [-0.39, 0.29) is 21.9 Å². The monoisotopic (exact) mass is 429 g/mol. The van der Waals surface area contributed by atoms with Crippen molar-refractivity contribution in [1.29, 1.82) is 0 Å². The molecule has 0 saturated heterocycles. The number of nitrogens with one attached hydrogen (secondary N) is 2. The van der Waals surface area contributed by atoms with Crippen LogP contribution in [-0.4, -0.2) is 25.6 Å². The van der Waals surface area contributed by atoms with E-state index in [0.29, 0.717) is 10.6 Å². The van der Waals surface area contributed by atoms with Crippen molar-refractivity contribution in [1.82, 2.24) is 5.43 Å². The lowest BCUT2D eigenvalue weighted by molar-refractivity contribution is 0.0956. The fourth-order valence-electron chi connectivity index (χ4n) is 2.42. The number of carbonyl (C=O) groups is 1. The second-order valence-electron chi connectivity index (χ2n) is 5.90. The molecule has 0 aliphatic rings. The van der Waals surface area contributed by atoms with Gasteiger partial charge in [0.15, 0.2) is 0 Å². The van der Waals surface area contributed by atoms with Gasteiger partial charge in [0.05, 0.1) is 22.4 Å². The Balaban J connectivity index is 1.77. The smallest absolute Gasteiger partial charge is 0.273 e. The summed E-state index contributed by atoms with van der Waals surface area (Å²) in [4.78, 5) is 12.5. The molecule has 0 aromatic heterocycles. The zero-order chi connectivity index (χ0) is 20.9. The summed E-state index contributed by atoms with van der Waals surface area (Å²) in [7, 11) is -3.91. The minimum absolute atomic E-state index is 0.0130. The van der Waals surface area contributed by atoms with E-state index in [0.717, 1.165) is 0 Å². The average Bonchev–Trinajstić information content (AvgIpc) is 2.68. The molecule has 0 heterocycles. The lowest BCUT2D eigenvalue weighted by Gasteiger charge is -2.11. The normalized spacial score (nSPS) is 11.3. The number of carbonyl (C=O) groups excluding carboxylic acids is 1. The number of amides is 1. The number of rotatable bonds is 6. The number of hydrazone groups is 1. The van der Waals surface area contributed by atoms with Crippen molar-refractivity contribution in [3.05, 3.63) is 88.9 Å². The molecule has 0 radical (unpaired) electrons. The molecule has 0 saturated carbocycles. The molecule has 148 valence electrons. The fraction of sp³-hybridized carbons (Fsp3) is 0. The molecule has 7 nitrogen and oxygen atoms in total. The molecular weight excluding hydrogens is 414 g/mol. The van der Waals surface area contributed by atoms with Crippen molar-refractivity contribution in [3.63, 3.8) is 0 Å². The highest BCUT2D eigenvalue weighted by atomic mass is 35.5. The predicted molar refractivity (Wildman–Crippen MR) is 112 cm³/mol. The first-order valence-corrected chi connectivity index (χ1v) is 10.2. The lowest BCUT2D eigenvalue weighted by atomic mass is 10.2. The topological polar surface area (TPSA) is 108 Å². The Kier molecular flexibility index (Phi) is 6.16. The van der Waals surface area contributed by atoms with Crippen LogP contribution in [0.1, 0.15) is 15.9 Å². The summed E-state index contributed by atoms with van der Waals surface area (Å²) in [6.45, 7) is 0. The van der Waals surface area contributed by atoms with Gasteiger partial charge < -0.3 is 5.11 Å². The number of aromatic hydroxyl groups is 1. The van der Waals surface area contributed by atoms with Crippen molar-refractivity contribution in [2.75, 3.05) is 4.72 Å². The standard InChI is InChI=1S/C20H16ClN3O4S/c21-15-8-10-17(11-9-15)29(27,28)24-19-7-2-1-6-18(19)20(26)23-22-13-14-4-3-5-16(25)12-14/h1-13,24-25H,(H,23,26)/b22-13+. The number of phenolic OH excluding ortho intramolecular Hbond substituents is 1. The van der Waals surface area contributed by atoms with Crippen LogP contribution in [0.2, 0.25) is 5.02 Å². The highest BCUT2D eigenvalue weighted by Gasteiger charge is 2.18. The third kappa shape index (κ3) is 5.34. The van der Waals surface area contributed by atoms with Crippen molar-refractivity contribution < 1.29 is 18.3 Å². The van der Waals surface area contributed by atoms with Gasteiger partial charge in [-0.15, -0.1) is 0 Å². The Morgan fingerprint density at radius 1 is 1.00 bits per heavy atom. The van der Waals surface area contributed by atoms with E-state index >= 15 is 0 Å². The zero-order valence-electron chi connectivity index (χ0n) is 14.9. The predicted octanol–water partition coefficient (Wildman–Crippen LogP) is 3.61. The van der Waals surface area contributed by atoms with E-state index < -0.39 is 15.9 Å². The van der Waals surface area contributed by atoms with Gasteiger partial charge in [0.2, 0.25) is 0 Å². The van der Waals surface area contributed by atoms with Crippen molar-refractivity contribution in [2.45, 2.75) is 4.90 Å². The van der Waals surface area contributed by atoms with Crippen LogP contribution < -0.4 is 10.1 Å². The summed E-state index contributed by atoms with van der Waals surface area (Å²) in [5, 5.41) is 13.7. The number of hydrogen-bond acceptors (Lipinski definition) is 5. The number of benzene rings is 3. The van der Waals surface area contributed by atoms with E-state index in [1.165, 1.54) is 54.7 Å². The minimum atomic E-state index is -3.91. The Labute approximate surface area is 172 Å². The first-order valence-electron chi connectivity index (χ1n) is 8.35. The van der Waals surface area contributed by atoms with Gasteiger partial charge in [-0.25, -0.2) is 13.8 Å². The maximum Gasteiger partial charge on any atom is 0.273 e. The summed E-state index contributed by atoms with van der Waals surface area (Å²) in [6, 6.07) is 18.1. The summed E-state index contributed by atoms with van der Waals surface area (Å²) < 4.78 is 27.6. The first-order chi connectivity index (χ1) is 13.8. The summed E-state index contributed by atoms with van der Waals surface area (Å²) in [5.74, 6) is -0.530. The molecule has 3 aromatic rings. The van der Waals surface area contributed by atoms with Crippen LogP contribution in [-0.2, 0) is 10.0 Å². The van der Waals surface area contributed by atoms with Gasteiger partial charge in [-0.05, 0) is 54.1 Å². The second-order valence-corrected chi connectivity index (χ2v) is 8.02. The van der Waals surface area contributed by atoms with Crippen LogP contribution in [0.4, 0.5) is 5.69 Å². The second kappa shape index (κ2) is 8.76. The molecule has 0 spiro atoms. The van der Waals surface area contributed by atoms with Crippen LogP contribution >= 0.6 is 11.6 Å². The third-order valence-corrected chi connectivity index (χ3v) is 5.42. The highest BCUT2D eigenvalue weighted by molar-refractivity contribution is 7.92. The van der Waals surface area contributed by atoms with Crippen LogP contribution in [0.5, 0.6) is 5.75 Å². The van der Waals surface area contributed by atoms with Gasteiger partial charge in [-0.2, -0.15) is 5.10 Å². The molecule has 3 N–H and O–H groups in total. The van der Waals surface area contributed by atoms with E-state index in [9.17, 15) is 18.3 Å². The van der Waals surface area contributed by atoms with Crippen LogP contribution in [0.15, 0.2) is 82.8 Å². The molecule has 29 heavy (non-hydrogen) atoms. The van der Waals surface area contributed by atoms with Crippen LogP contribution in [0.3, 0.4) is 0 Å². The minimum Gasteiger partial charge on any atom is -0.508 e. The van der Waals surface area contributed by atoms with Gasteiger partial charge in [0, 0.05) is 5.02 Å². The summed E-state index contributed by atoms with van der Waals surface area (Å²) >= 11 is 5.79. The van der Waals surface area contributed by atoms with Gasteiger partial charge in [0.25, 0.3) is 15.9 Å². The molecule has 3 aromatic carbocycles. The molecular formula is C20H16ClN3O4S. The third-order valence-electron chi connectivity index (χ3n) is 3.79. The SMILES string of the molecule is O=C(N/N=C/c1cccc(O)c1)c1ccccc1NS(=O)(=O)c1ccc(Cl)cc1. The Morgan fingerprint density at radius 2 is 1.72 bits per heavy atom. The van der Waals surface area contributed by atoms with Crippen molar-refractivity contribution in [2.24, 2.45) is 5.10 Å². The molecule has 3 rings (SSSR count). The van der Waals surface area contributed by atoms with E-state index in [4.69, 9.17) is 11.6 Å². The van der Waals surface area contributed by atoms with Crippen molar-refractivity contribution >= 4 is 39.4 Å². The number of para-hydroxylation sites is 1. The quantitative estimate of drug-likeness (QED) is 0.411. The maximum absolute atomic E-state index is 12.6. The molecule has 9 heteroatoms. The average molecular weight is 430 g/mol. The van der Waals surface area contributed by atoms with Gasteiger partial charge >= 0.3 is 0 Å². The number of anilines is 1. The number of phenols is 1. The molecule has 0 fully saturated rings. The van der Waals surface area contributed by atoms with Gasteiger partial charge in [-0.3, -0.25) is 9.52 Å². The molecule has 0 aliphatic carbocycles. The highest BCUT2D eigenvalue weighted by Crippen LogP contribution is 2.21. The zero-order valence-corrected chi connectivity index (χ0v) is 16.5. The lowest BCUT2D eigenvalue weighted by Crippen LogP contribution is -2.21. The van der Waals surface area contributed by atoms with Crippen LogP contribution in [0, 0.1) is 0 Å². The maximum atomic E-state index is 12.6. The van der Waals surface area contributed by atoms with Crippen molar-refractivity contribution in [3.8, 4) is 5.75 Å². The Morgan fingerprint density at radius 3 is 2.45 bits per heavy atom. The fourth-order valence-corrected chi connectivity index (χ4v) is 3.62. The molecule has 0 unspecified atom stereocenters. The van der Waals surface area contributed by atoms with Crippen LogP contribution in [0.25, 0.3) is 0 Å². The first kappa shape index (κ1) is 20.4. The number of sulfonamides is 1. The molecule has 0 atom stereocenters. The van der Waals surface area contributed by atoms with E-state index in [1.54, 1.807) is 24.3 Å². The van der Waals surface area contributed by atoms with E-state index in [2.05, 4.69) is 15.2 Å². The number of halogens is 1. The number of nitrogens with zero attached hydrogens (tertiary/aromatic N) is 1. The van der Waals surface area contributed by atoms with E-state index in [1.807, 2.05) is 0 Å². The largest absolute Gasteiger partial charge is 0.508 e. The summed E-state index contributed by atoms with van der Waals surface area (Å²) in [5.41, 5.74) is 3.12. The van der Waals surface area contributed by atoms with Gasteiger partial charge in [-0.1, -0.05) is 35.9 Å². The molecule has 1 amide bonds. The van der Waals surface area contributed by atoms with Gasteiger partial charge in [0.1, 0.15) is 5.75 Å². The Hall–Kier alpha value is -3.36. The Bertz CT molecular complexity index is 1160.